The fourth-order valence-corrected chi connectivity index (χ4v) is 6.14. The monoisotopic (exact) mass is 489 g/mol. The number of amides is 2. The van der Waals surface area contributed by atoms with E-state index in [1.807, 2.05) is 19.1 Å². The Balaban J connectivity index is 1.66. The Hall–Kier alpha value is -2.95. The first-order valence-corrected chi connectivity index (χ1v) is 12.5. The van der Waals surface area contributed by atoms with Crippen molar-refractivity contribution >= 4 is 21.8 Å². The third kappa shape index (κ3) is 5.75. The molecule has 2 aromatic rings. The van der Waals surface area contributed by atoms with Gasteiger partial charge in [0, 0.05) is 18.7 Å². The van der Waals surface area contributed by atoms with Crippen LogP contribution < -0.4 is 15.4 Å². The van der Waals surface area contributed by atoms with Gasteiger partial charge in [-0.1, -0.05) is 35.9 Å². The number of sulfonamides is 1. The zero-order valence-electron chi connectivity index (χ0n) is 19.9. The van der Waals surface area contributed by atoms with Gasteiger partial charge in [0.1, 0.15) is 12.0 Å². The van der Waals surface area contributed by atoms with Crippen molar-refractivity contribution < 1.29 is 27.5 Å². The molecule has 10 heteroatoms. The van der Waals surface area contributed by atoms with Crippen LogP contribution in [0.3, 0.4) is 0 Å². The molecule has 1 aliphatic heterocycles. The molecule has 2 amide bonds. The summed E-state index contributed by atoms with van der Waals surface area (Å²) in [5, 5.41) is 5.04. The number of hydrogen-bond donors (Lipinski definition) is 2. The van der Waals surface area contributed by atoms with E-state index >= 15 is 0 Å². The first kappa shape index (κ1) is 25.7. The van der Waals surface area contributed by atoms with E-state index in [1.54, 1.807) is 38.1 Å². The highest BCUT2D eigenvalue weighted by Crippen LogP contribution is 2.28. The molecule has 184 valence electrons. The Morgan fingerprint density at radius 3 is 2.41 bits per heavy atom. The van der Waals surface area contributed by atoms with Gasteiger partial charge in [-0.25, -0.2) is 8.42 Å². The van der Waals surface area contributed by atoms with Gasteiger partial charge >= 0.3 is 11.8 Å². The normalized spacial score (nSPS) is 16.6. The third-order valence-electron chi connectivity index (χ3n) is 5.60. The fourth-order valence-electron chi connectivity index (χ4n) is 4.16. The van der Waals surface area contributed by atoms with Crippen molar-refractivity contribution in [3.63, 3.8) is 0 Å². The van der Waals surface area contributed by atoms with Crippen molar-refractivity contribution in [3.8, 4) is 5.75 Å². The summed E-state index contributed by atoms with van der Waals surface area (Å²) in [6, 6.07) is 10.8. The molecule has 1 atom stereocenters. The summed E-state index contributed by atoms with van der Waals surface area (Å²) >= 11 is 0. The van der Waals surface area contributed by atoms with Gasteiger partial charge in [0.2, 0.25) is 10.0 Å². The van der Waals surface area contributed by atoms with Crippen molar-refractivity contribution in [1.82, 2.24) is 14.9 Å². The van der Waals surface area contributed by atoms with Crippen LogP contribution in [-0.4, -0.2) is 57.6 Å². The molecule has 9 nitrogen and oxygen atoms in total. The van der Waals surface area contributed by atoms with Crippen LogP contribution in [0.15, 0.2) is 41.3 Å². The molecule has 0 radical (unpaired) electrons. The molecular formula is C24H31N3O6S. The topological polar surface area (TPSA) is 114 Å². The van der Waals surface area contributed by atoms with Crippen LogP contribution in [0.4, 0.5) is 0 Å². The Morgan fingerprint density at radius 1 is 1.09 bits per heavy atom. The van der Waals surface area contributed by atoms with Crippen LogP contribution in [0.2, 0.25) is 0 Å². The maximum Gasteiger partial charge on any atom is 0.309 e. The van der Waals surface area contributed by atoms with E-state index in [2.05, 4.69) is 10.6 Å². The number of methoxy groups -OCH3 is 1. The lowest BCUT2D eigenvalue weighted by atomic mass is 10.1. The number of benzene rings is 2. The maximum atomic E-state index is 13.5. The van der Waals surface area contributed by atoms with E-state index in [4.69, 9.17) is 9.47 Å². The van der Waals surface area contributed by atoms with Gasteiger partial charge in [-0.2, -0.15) is 4.31 Å². The lowest BCUT2D eigenvalue weighted by molar-refractivity contribution is -0.140. The van der Waals surface area contributed by atoms with Crippen molar-refractivity contribution in [2.24, 2.45) is 0 Å². The zero-order valence-corrected chi connectivity index (χ0v) is 20.7. The highest BCUT2D eigenvalue weighted by atomic mass is 32.2. The van der Waals surface area contributed by atoms with Gasteiger partial charge in [-0.15, -0.1) is 0 Å². The van der Waals surface area contributed by atoms with E-state index in [1.165, 1.54) is 11.4 Å². The standard InChI is InChI=1S/C24H31N3O6S/c1-16-12-17(2)22(18(3)13-16)34(30,31)27-10-7-11-33-21(27)15-26-24(29)23(28)25-14-19-8-5-6-9-20(19)32-4/h5-6,8-9,12-13,21H,7,10-11,14-15H2,1-4H3,(H,25,28)(H,26,29)/t21-/m1/s1. The van der Waals surface area contributed by atoms with Gasteiger partial charge in [-0.3, -0.25) is 9.59 Å². The van der Waals surface area contributed by atoms with Gasteiger partial charge in [0.05, 0.1) is 25.2 Å². The fraction of sp³-hybridized carbons (Fsp3) is 0.417. The molecule has 1 fully saturated rings. The predicted octanol–water partition coefficient (Wildman–Crippen LogP) is 1.79. The van der Waals surface area contributed by atoms with Gasteiger partial charge in [0.15, 0.2) is 0 Å². The maximum absolute atomic E-state index is 13.5. The SMILES string of the molecule is COc1ccccc1CNC(=O)C(=O)NC[C@H]1OCCCN1S(=O)(=O)c1c(C)cc(C)cc1C. The molecule has 1 aliphatic rings. The number of nitrogens with zero attached hydrogens (tertiary/aromatic N) is 1. The third-order valence-corrected chi connectivity index (χ3v) is 7.80. The molecule has 0 spiro atoms. The highest BCUT2D eigenvalue weighted by molar-refractivity contribution is 7.89. The Kier molecular flexibility index (Phi) is 8.29. The van der Waals surface area contributed by atoms with Crippen molar-refractivity contribution in [3.05, 3.63) is 58.7 Å². The minimum Gasteiger partial charge on any atom is -0.496 e. The molecule has 0 bridgehead atoms. The van der Waals surface area contributed by atoms with E-state index in [9.17, 15) is 18.0 Å². The Morgan fingerprint density at radius 2 is 1.74 bits per heavy atom. The van der Waals surface area contributed by atoms with Gasteiger partial charge in [0.25, 0.3) is 0 Å². The second-order valence-corrected chi connectivity index (χ2v) is 10.1. The smallest absolute Gasteiger partial charge is 0.309 e. The zero-order chi connectivity index (χ0) is 24.9. The number of carbonyl (C=O) groups excluding carboxylic acids is 2. The lowest BCUT2D eigenvalue weighted by Gasteiger charge is -2.35. The summed E-state index contributed by atoms with van der Waals surface area (Å²) in [5.41, 5.74) is 3.01. The lowest BCUT2D eigenvalue weighted by Crippen LogP contribution is -2.53. The number of para-hydroxylation sites is 1. The average Bonchev–Trinajstić information content (AvgIpc) is 2.80. The number of rotatable bonds is 7. The van der Waals surface area contributed by atoms with Crippen molar-refractivity contribution in [2.45, 2.75) is 44.9 Å². The summed E-state index contributed by atoms with van der Waals surface area (Å²) in [6.07, 6.45) is -0.377. The Bertz CT molecular complexity index is 1140. The second-order valence-electron chi connectivity index (χ2n) is 8.23. The van der Waals surface area contributed by atoms with Gasteiger partial charge < -0.3 is 20.1 Å². The molecule has 0 aromatic heterocycles. The number of nitrogens with one attached hydrogen (secondary N) is 2. The minimum absolute atomic E-state index is 0.114. The number of carbonyl (C=O) groups is 2. The molecular weight excluding hydrogens is 458 g/mol. The van der Waals surface area contributed by atoms with E-state index < -0.39 is 28.1 Å². The summed E-state index contributed by atoms with van der Waals surface area (Å²) < 4.78 is 39.2. The van der Waals surface area contributed by atoms with E-state index in [0.717, 1.165) is 11.1 Å². The first-order valence-electron chi connectivity index (χ1n) is 11.0. The number of ether oxygens (including phenoxy) is 2. The summed E-state index contributed by atoms with van der Waals surface area (Å²) in [7, 11) is -2.34. The molecule has 0 aliphatic carbocycles. The molecule has 2 aromatic carbocycles. The molecule has 3 rings (SSSR count). The highest BCUT2D eigenvalue weighted by Gasteiger charge is 2.36. The second kappa shape index (κ2) is 11.0. The minimum atomic E-state index is -3.87. The van der Waals surface area contributed by atoms with E-state index in [-0.39, 0.29) is 24.5 Å². The molecule has 1 heterocycles. The van der Waals surface area contributed by atoms with Crippen LogP contribution in [-0.2, 0) is 30.9 Å². The molecule has 0 unspecified atom stereocenters. The summed E-state index contributed by atoms with van der Waals surface area (Å²) in [6.45, 7) is 6.03. The summed E-state index contributed by atoms with van der Waals surface area (Å²) in [4.78, 5) is 24.9. The number of aryl methyl sites for hydroxylation is 3. The van der Waals surface area contributed by atoms with E-state index in [0.29, 0.717) is 29.9 Å². The first-order chi connectivity index (χ1) is 16.1. The van der Waals surface area contributed by atoms with Crippen LogP contribution >= 0.6 is 0 Å². The molecule has 34 heavy (non-hydrogen) atoms. The molecule has 0 saturated carbocycles. The van der Waals surface area contributed by atoms with Crippen LogP contribution in [0.5, 0.6) is 5.75 Å². The predicted molar refractivity (Wildman–Crippen MR) is 127 cm³/mol. The summed E-state index contributed by atoms with van der Waals surface area (Å²) in [5.74, 6) is -1.10. The largest absolute Gasteiger partial charge is 0.496 e. The van der Waals surface area contributed by atoms with Crippen molar-refractivity contribution in [2.75, 3.05) is 26.8 Å². The van der Waals surface area contributed by atoms with Crippen LogP contribution in [0.25, 0.3) is 0 Å². The molecule has 2 N–H and O–H groups in total. The van der Waals surface area contributed by atoms with Crippen LogP contribution in [0.1, 0.15) is 28.7 Å². The quantitative estimate of drug-likeness (QED) is 0.574. The molecule has 1 saturated heterocycles. The van der Waals surface area contributed by atoms with Crippen molar-refractivity contribution in [1.29, 1.82) is 0 Å². The van der Waals surface area contributed by atoms with Crippen LogP contribution in [0, 0.1) is 20.8 Å². The average molecular weight is 490 g/mol. The Labute approximate surface area is 200 Å². The van der Waals surface area contributed by atoms with Gasteiger partial charge in [-0.05, 0) is 44.4 Å². The number of hydrogen-bond acceptors (Lipinski definition) is 6.